The van der Waals surface area contributed by atoms with Crippen LogP contribution in [0.1, 0.15) is 5.56 Å². The monoisotopic (exact) mass is 463 g/mol. The predicted octanol–water partition coefficient (Wildman–Crippen LogP) is 1.53. The lowest BCUT2D eigenvalue weighted by molar-refractivity contribution is -0.150. The maximum atomic E-state index is 12.7. The average Bonchev–Trinajstić information content (AvgIpc) is 3.25. The quantitative estimate of drug-likeness (QED) is 0.303. The fourth-order valence-electron chi connectivity index (χ4n) is 3.13. The lowest BCUT2D eigenvalue weighted by Gasteiger charge is -2.49. The molecular weight excluding hydrogens is 446 g/mol. The number of nitrogens with one attached hydrogen (secondary N) is 2. The first-order valence-corrected chi connectivity index (χ1v) is 11.9. The van der Waals surface area contributed by atoms with Gasteiger partial charge < -0.3 is 10.4 Å². The molecule has 2 atom stereocenters. The molecule has 1 aromatic heterocycles. The maximum Gasteiger partial charge on any atom is 0.353 e. The fourth-order valence-corrected chi connectivity index (χ4v) is 6.70. The van der Waals surface area contributed by atoms with E-state index in [2.05, 4.69) is 20.7 Å². The summed E-state index contributed by atoms with van der Waals surface area (Å²) in [5, 5.41) is 23.5. The Bertz CT molecular complexity index is 983. The number of carbonyl (C=O) groups is 3. The average molecular weight is 464 g/mol. The summed E-state index contributed by atoms with van der Waals surface area (Å²) in [7, 11) is 0. The van der Waals surface area contributed by atoms with E-state index in [4.69, 9.17) is 0 Å². The summed E-state index contributed by atoms with van der Waals surface area (Å²) >= 11 is 4.25. The number of amides is 2. The molecule has 4 rings (SSSR count). The molecule has 0 unspecified atom stereocenters. The van der Waals surface area contributed by atoms with Crippen molar-refractivity contribution in [3.8, 4) is 0 Å². The minimum Gasteiger partial charge on any atom is -0.477 e. The number of nitrogens with zero attached hydrogens (tertiary/aromatic N) is 3. The van der Waals surface area contributed by atoms with Gasteiger partial charge in [0.25, 0.3) is 5.91 Å². The van der Waals surface area contributed by atoms with E-state index in [1.165, 1.54) is 40.2 Å². The number of carbonyl (C=O) groups excluding carboxylic acids is 2. The highest BCUT2D eigenvalue weighted by Crippen LogP contribution is 2.44. The Morgan fingerprint density at radius 2 is 2.10 bits per heavy atom. The fraction of sp³-hybridized carbons (Fsp3) is 0.278. The Balaban J connectivity index is 1.39. The van der Waals surface area contributed by atoms with E-state index in [9.17, 15) is 19.5 Å². The standard InChI is InChI=1S/C18H17N5O4S3/c24-12(6-10-4-2-1-3-5-10)20-14-16(25)23-15(18(26)27)11(8-28-17(14)23)29-9-30-13-7-19-22-21-13/h1-5,7,14,17H,6,8-9H2,(H,20,24)(H,26,27)(H,19,21,22)/t14-,17+/m1/s1. The molecule has 0 saturated carbocycles. The lowest BCUT2D eigenvalue weighted by atomic mass is 10.0. The van der Waals surface area contributed by atoms with Crippen LogP contribution in [0.2, 0.25) is 0 Å². The van der Waals surface area contributed by atoms with Crippen molar-refractivity contribution in [2.75, 3.05) is 10.8 Å². The number of rotatable bonds is 8. The molecule has 3 N–H and O–H groups in total. The van der Waals surface area contributed by atoms with Gasteiger partial charge in [-0.2, -0.15) is 10.3 Å². The number of aromatic nitrogens is 3. The predicted molar refractivity (Wildman–Crippen MR) is 115 cm³/mol. The Morgan fingerprint density at radius 1 is 1.30 bits per heavy atom. The molecule has 3 heterocycles. The van der Waals surface area contributed by atoms with Crippen molar-refractivity contribution in [3.63, 3.8) is 0 Å². The van der Waals surface area contributed by atoms with Gasteiger partial charge in [0.2, 0.25) is 5.91 Å². The summed E-state index contributed by atoms with van der Waals surface area (Å²) in [5.74, 6) is -1.33. The van der Waals surface area contributed by atoms with Crippen LogP contribution in [0.4, 0.5) is 0 Å². The first-order valence-electron chi connectivity index (χ1n) is 8.90. The molecule has 12 heteroatoms. The minimum absolute atomic E-state index is 0.00283. The van der Waals surface area contributed by atoms with Gasteiger partial charge in [0.05, 0.1) is 17.7 Å². The Hall–Kier alpha value is -2.44. The SMILES string of the molecule is O=C(Cc1ccccc1)N[C@@H]1C(=O)N2C(C(=O)O)=C(SCSc3cn[nH]n3)CS[C@@H]12. The number of β-lactam (4-membered cyclic amide) rings is 1. The van der Waals surface area contributed by atoms with Crippen molar-refractivity contribution in [2.24, 2.45) is 0 Å². The highest BCUT2D eigenvalue weighted by Gasteiger charge is 2.54. The van der Waals surface area contributed by atoms with Gasteiger partial charge >= 0.3 is 5.97 Å². The summed E-state index contributed by atoms with van der Waals surface area (Å²) < 4.78 is 0. The third-order valence-corrected chi connectivity index (χ3v) is 8.08. The number of benzene rings is 1. The van der Waals surface area contributed by atoms with Crippen LogP contribution in [-0.4, -0.2) is 65.5 Å². The zero-order chi connectivity index (χ0) is 21.1. The van der Waals surface area contributed by atoms with Gasteiger partial charge in [-0.25, -0.2) is 4.79 Å². The number of aromatic amines is 1. The van der Waals surface area contributed by atoms with Crippen LogP contribution in [0.3, 0.4) is 0 Å². The Morgan fingerprint density at radius 3 is 2.80 bits per heavy atom. The second-order valence-corrected chi connectivity index (χ2v) is 9.95. The van der Waals surface area contributed by atoms with Crippen LogP contribution in [0.15, 0.2) is 52.2 Å². The van der Waals surface area contributed by atoms with Crippen molar-refractivity contribution in [2.45, 2.75) is 22.9 Å². The summed E-state index contributed by atoms with van der Waals surface area (Å²) in [4.78, 5) is 38.8. The van der Waals surface area contributed by atoms with E-state index < -0.39 is 23.3 Å². The molecule has 2 amide bonds. The third-order valence-electron chi connectivity index (χ3n) is 4.49. The van der Waals surface area contributed by atoms with E-state index in [1.54, 1.807) is 6.20 Å². The number of aliphatic carboxylic acids is 1. The molecule has 0 aliphatic carbocycles. The first-order chi connectivity index (χ1) is 14.5. The smallest absolute Gasteiger partial charge is 0.353 e. The Kier molecular flexibility index (Phi) is 6.35. The number of fused-ring (bicyclic) bond motifs is 1. The summed E-state index contributed by atoms with van der Waals surface area (Å²) in [6.07, 6.45) is 1.76. The van der Waals surface area contributed by atoms with Crippen LogP contribution in [-0.2, 0) is 20.8 Å². The Labute approximate surface area is 184 Å². The van der Waals surface area contributed by atoms with Gasteiger partial charge in [-0.15, -0.1) is 28.6 Å². The van der Waals surface area contributed by atoms with Crippen molar-refractivity contribution < 1.29 is 19.5 Å². The van der Waals surface area contributed by atoms with Crippen LogP contribution in [0.5, 0.6) is 0 Å². The molecule has 0 radical (unpaired) electrons. The van der Waals surface area contributed by atoms with E-state index in [1.807, 2.05) is 30.3 Å². The number of carboxylic acids is 1. The molecular formula is C18H17N5O4S3. The molecule has 30 heavy (non-hydrogen) atoms. The number of hydrogen-bond donors (Lipinski definition) is 3. The van der Waals surface area contributed by atoms with Crippen molar-refractivity contribution in [3.05, 3.63) is 52.7 Å². The summed E-state index contributed by atoms with van der Waals surface area (Å²) in [6.45, 7) is 0. The molecule has 1 aromatic carbocycles. The summed E-state index contributed by atoms with van der Waals surface area (Å²) in [6, 6.07) is 8.54. The number of thioether (sulfide) groups is 3. The highest BCUT2D eigenvalue weighted by molar-refractivity contribution is 8.18. The zero-order valence-corrected chi connectivity index (χ0v) is 17.9. The van der Waals surface area contributed by atoms with Gasteiger partial charge in [-0.05, 0) is 5.56 Å². The van der Waals surface area contributed by atoms with E-state index in [-0.39, 0.29) is 18.0 Å². The van der Waals surface area contributed by atoms with Crippen molar-refractivity contribution >= 4 is 53.1 Å². The van der Waals surface area contributed by atoms with Gasteiger partial charge in [0, 0.05) is 10.7 Å². The normalized spacial score (nSPS) is 20.5. The molecule has 1 saturated heterocycles. The van der Waals surface area contributed by atoms with Gasteiger partial charge in [0.1, 0.15) is 22.1 Å². The molecule has 156 valence electrons. The molecule has 1 fully saturated rings. The number of H-pyrrole nitrogens is 1. The van der Waals surface area contributed by atoms with Gasteiger partial charge in [-0.1, -0.05) is 42.1 Å². The van der Waals surface area contributed by atoms with Crippen molar-refractivity contribution in [1.29, 1.82) is 0 Å². The molecule has 9 nitrogen and oxygen atoms in total. The molecule has 2 aliphatic heterocycles. The second kappa shape index (κ2) is 9.14. The van der Waals surface area contributed by atoms with E-state index >= 15 is 0 Å². The topological polar surface area (TPSA) is 128 Å². The maximum absolute atomic E-state index is 12.7. The lowest BCUT2D eigenvalue weighted by Crippen LogP contribution is -2.70. The van der Waals surface area contributed by atoms with Crippen LogP contribution < -0.4 is 5.32 Å². The zero-order valence-electron chi connectivity index (χ0n) is 15.5. The van der Waals surface area contributed by atoms with Crippen LogP contribution in [0.25, 0.3) is 0 Å². The third kappa shape index (κ3) is 4.35. The summed E-state index contributed by atoms with van der Waals surface area (Å²) in [5.41, 5.74) is 0.854. The number of carboxylic acid groups (broad SMARTS) is 1. The van der Waals surface area contributed by atoms with E-state index in [0.717, 1.165) is 5.56 Å². The second-order valence-electron chi connectivity index (χ2n) is 6.41. The largest absolute Gasteiger partial charge is 0.477 e. The molecule has 0 bridgehead atoms. The first kappa shape index (κ1) is 20.8. The molecule has 2 aromatic rings. The number of hydrogen-bond acceptors (Lipinski definition) is 8. The van der Waals surface area contributed by atoms with Gasteiger partial charge in [-0.3, -0.25) is 14.5 Å². The molecule has 0 spiro atoms. The van der Waals surface area contributed by atoms with Crippen molar-refractivity contribution in [1.82, 2.24) is 25.6 Å². The van der Waals surface area contributed by atoms with Crippen LogP contribution in [0, 0.1) is 0 Å². The van der Waals surface area contributed by atoms with Gasteiger partial charge in [0.15, 0.2) is 0 Å². The van der Waals surface area contributed by atoms with Crippen LogP contribution >= 0.6 is 35.3 Å². The highest BCUT2D eigenvalue weighted by atomic mass is 32.2. The van der Waals surface area contributed by atoms with E-state index in [0.29, 0.717) is 20.8 Å². The minimum atomic E-state index is -1.14. The molecule has 2 aliphatic rings.